The Labute approximate surface area is 149 Å². The highest BCUT2D eigenvalue weighted by Gasteiger charge is 2.22. The van der Waals surface area contributed by atoms with Gasteiger partial charge in [-0.05, 0) is 36.6 Å². The molecule has 136 valence electrons. The van der Waals surface area contributed by atoms with E-state index in [-0.39, 0.29) is 18.3 Å². The zero-order chi connectivity index (χ0) is 18.4. The summed E-state index contributed by atoms with van der Waals surface area (Å²) in [4.78, 5) is 19.1. The van der Waals surface area contributed by atoms with Gasteiger partial charge in [0.15, 0.2) is 6.61 Å². The summed E-state index contributed by atoms with van der Waals surface area (Å²) in [7, 11) is 0. The van der Waals surface area contributed by atoms with E-state index >= 15 is 0 Å². The molecule has 0 bridgehead atoms. The number of para-hydroxylation sites is 2. The average molecular weight is 360 g/mol. The van der Waals surface area contributed by atoms with Crippen molar-refractivity contribution in [2.75, 3.05) is 18.1 Å². The number of halogens is 2. The second-order valence-corrected chi connectivity index (χ2v) is 5.70. The highest BCUT2D eigenvalue weighted by Crippen LogP contribution is 2.26. The Bertz CT molecular complexity index is 796. The largest absolute Gasteiger partial charge is 0.434 e. The molecule has 5 nitrogen and oxygen atoms in total. The molecule has 1 aliphatic rings. The number of carbonyl (C=O) groups excluding carboxylic acids is 1. The van der Waals surface area contributed by atoms with Crippen LogP contribution in [0.1, 0.15) is 17.5 Å². The molecule has 1 amide bonds. The van der Waals surface area contributed by atoms with Crippen LogP contribution in [-0.2, 0) is 16.1 Å². The summed E-state index contributed by atoms with van der Waals surface area (Å²) in [5.41, 5.74) is 2.37. The fourth-order valence-corrected chi connectivity index (χ4v) is 2.85. The number of carbonyl (C=O) groups is 1. The van der Waals surface area contributed by atoms with Gasteiger partial charge in [-0.25, -0.2) is 0 Å². The third kappa shape index (κ3) is 4.36. The molecule has 1 heterocycles. The maximum Gasteiger partial charge on any atom is 0.387 e. The minimum Gasteiger partial charge on any atom is -0.434 e. The second-order valence-electron chi connectivity index (χ2n) is 5.70. The van der Waals surface area contributed by atoms with Crippen LogP contribution in [0.3, 0.4) is 0 Å². The summed E-state index contributed by atoms with van der Waals surface area (Å²) >= 11 is 0. The van der Waals surface area contributed by atoms with E-state index in [4.69, 9.17) is 4.84 Å². The smallest absolute Gasteiger partial charge is 0.387 e. The number of hydrogen-bond acceptors (Lipinski definition) is 4. The highest BCUT2D eigenvalue weighted by atomic mass is 19.3. The first-order valence-electron chi connectivity index (χ1n) is 8.22. The Balaban J connectivity index is 1.59. The molecule has 2 aromatic rings. The normalized spacial score (nSPS) is 13.7. The van der Waals surface area contributed by atoms with Gasteiger partial charge in [0, 0.05) is 17.8 Å². The Morgan fingerprint density at radius 3 is 2.81 bits per heavy atom. The van der Waals surface area contributed by atoms with Crippen molar-refractivity contribution in [2.24, 2.45) is 5.16 Å². The summed E-state index contributed by atoms with van der Waals surface area (Å²) in [6, 6.07) is 14.0. The quantitative estimate of drug-likeness (QED) is 0.584. The van der Waals surface area contributed by atoms with Crippen LogP contribution in [0.15, 0.2) is 53.7 Å². The molecule has 0 unspecified atom stereocenters. The summed E-state index contributed by atoms with van der Waals surface area (Å²) in [6.07, 6.45) is 3.08. The van der Waals surface area contributed by atoms with Crippen LogP contribution in [0.25, 0.3) is 0 Å². The van der Waals surface area contributed by atoms with Gasteiger partial charge in [0.25, 0.3) is 5.91 Å². The highest BCUT2D eigenvalue weighted by molar-refractivity contribution is 5.95. The molecular formula is C19H18F2N2O3. The molecule has 3 rings (SSSR count). The van der Waals surface area contributed by atoms with E-state index in [1.54, 1.807) is 23.1 Å². The molecule has 0 radical (unpaired) electrons. The summed E-state index contributed by atoms with van der Waals surface area (Å²) in [5, 5.41) is 3.70. The van der Waals surface area contributed by atoms with Gasteiger partial charge in [0.05, 0.1) is 6.21 Å². The predicted octanol–water partition coefficient (Wildman–Crippen LogP) is 3.62. The molecule has 0 saturated heterocycles. The minimum absolute atomic E-state index is 0.00821. The number of oxime groups is 1. The Kier molecular flexibility index (Phi) is 5.78. The number of alkyl halides is 2. The van der Waals surface area contributed by atoms with E-state index in [0.717, 1.165) is 24.1 Å². The number of rotatable bonds is 6. The van der Waals surface area contributed by atoms with Crippen LogP contribution in [-0.4, -0.2) is 31.9 Å². The second kappa shape index (κ2) is 8.42. The van der Waals surface area contributed by atoms with E-state index in [9.17, 15) is 13.6 Å². The maximum absolute atomic E-state index is 12.4. The number of ether oxygens (including phenoxy) is 1. The molecule has 26 heavy (non-hydrogen) atoms. The summed E-state index contributed by atoms with van der Waals surface area (Å²) in [5.74, 6) is -0.211. The molecule has 0 aliphatic carbocycles. The molecule has 0 fully saturated rings. The Hall–Kier alpha value is -2.96. The number of aryl methyl sites for hydroxylation is 1. The predicted molar refractivity (Wildman–Crippen MR) is 93.7 cm³/mol. The van der Waals surface area contributed by atoms with Gasteiger partial charge >= 0.3 is 6.61 Å². The number of fused-ring (bicyclic) bond motifs is 1. The van der Waals surface area contributed by atoms with Crippen LogP contribution in [0.2, 0.25) is 0 Å². The maximum atomic E-state index is 12.4. The molecular weight excluding hydrogens is 342 g/mol. The molecule has 2 aromatic carbocycles. The van der Waals surface area contributed by atoms with Crippen molar-refractivity contribution in [1.82, 2.24) is 0 Å². The topological polar surface area (TPSA) is 51.1 Å². The SMILES string of the molecule is O=C(CO/N=C\c1ccccc1OC(F)F)N1CCCc2ccccc21. The lowest BCUT2D eigenvalue weighted by Crippen LogP contribution is -2.37. The van der Waals surface area contributed by atoms with Crippen molar-refractivity contribution in [3.05, 3.63) is 59.7 Å². The standard InChI is InChI=1S/C19H18F2N2O3/c20-19(21)26-17-10-4-2-7-15(17)12-22-25-13-18(24)23-11-5-8-14-6-1-3-9-16(14)23/h1-4,6-7,9-10,12,19H,5,8,11,13H2/b22-12-. The molecule has 7 heteroatoms. The monoisotopic (exact) mass is 360 g/mol. The Morgan fingerprint density at radius 2 is 1.96 bits per heavy atom. The van der Waals surface area contributed by atoms with Crippen molar-refractivity contribution in [3.63, 3.8) is 0 Å². The molecule has 1 aliphatic heterocycles. The number of amides is 1. The van der Waals surface area contributed by atoms with Crippen molar-refractivity contribution < 1.29 is 23.1 Å². The van der Waals surface area contributed by atoms with E-state index in [2.05, 4.69) is 9.89 Å². The fraction of sp³-hybridized carbons (Fsp3) is 0.263. The first kappa shape index (κ1) is 17.8. The van der Waals surface area contributed by atoms with Crippen LogP contribution >= 0.6 is 0 Å². The lowest BCUT2D eigenvalue weighted by atomic mass is 10.0. The number of hydrogen-bond donors (Lipinski definition) is 0. The van der Waals surface area contributed by atoms with Crippen LogP contribution < -0.4 is 9.64 Å². The zero-order valence-electron chi connectivity index (χ0n) is 14.0. The van der Waals surface area contributed by atoms with E-state index in [0.29, 0.717) is 12.1 Å². The van der Waals surface area contributed by atoms with E-state index in [1.807, 2.05) is 24.3 Å². The van der Waals surface area contributed by atoms with E-state index in [1.165, 1.54) is 12.3 Å². The van der Waals surface area contributed by atoms with Crippen molar-refractivity contribution in [3.8, 4) is 5.75 Å². The molecule has 0 aromatic heterocycles. The number of benzene rings is 2. The first-order chi connectivity index (χ1) is 12.6. The molecule has 0 atom stereocenters. The zero-order valence-corrected chi connectivity index (χ0v) is 14.0. The van der Waals surface area contributed by atoms with E-state index < -0.39 is 6.61 Å². The van der Waals surface area contributed by atoms with Crippen LogP contribution in [0.4, 0.5) is 14.5 Å². The van der Waals surface area contributed by atoms with Gasteiger partial charge in [0.2, 0.25) is 0 Å². The van der Waals surface area contributed by atoms with Gasteiger partial charge in [-0.3, -0.25) is 4.79 Å². The average Bonchev–Trinajstić information content (AvgIpc) is 2.65. The van der Waals surface area contributed by atoms with Crippen molar-refractivity contribution >= 4 is 17.8 Å². The third-order valence-corrected chi connectivity index (χ3v) is 4.00. The lowest BCUT2D eigenvalue weighted by Gasteiger charge is -2.28. The summed E-state index contributed by atoms with van der Waals surface area (Å²) in [6.45, 7) is -2.53. The van der Waals surface area contributed by atoms with Crippen LogP contribution in [0.5, 0.6) is 5.75 Å². The molecule has 0 spiro atoms. The van der Waals surface area contributed by atoms with Gasteiger partial charge < -0.3 is 14.5 Å². The van der Waals surface area contributed by atoms with Crippen molar-refractivity contribution in [2.45, 2.75) is 19.5 Å². The van der Waals surface area contributed by atoms with Crippen LogP contribution in [0, 0.1) is 0 Å². The van der Waals surface area contributed by atoms with Gasteiger partial charge in [-0.1, -0.05) is 35.5 Å². The minimum atomic E-state index is -2.92. The number of anilines is 1. The van der Waals surface area contributed by atoms with Gasteiger partial charge in [0.1, 0.15) is 5.75 Å². The Morgan fingerprint density at radius 1 is 1.19 bits per heavy atom. The van der Waals surface area contributed by atoms with Gasteiger partial charge in [-0.15, -0.1) is 0 Å². The number of nitrogens with zero attached hydrogens (tertiary/aromatic N) is 2. The molecule has 0 saturated carbocycles. The molecule has 0 N–H and O–H groups in total. The summed E-state index contributed by atoms with van der Waals surface area (Å²) < 4.78 is 29.1. The van der Waals surface area contributed by atoms with Gasteiger partial charge in [-0.2, -0.15) is 8.78 Å². The lowest BCUT2D eigenvalue weighted by molar-refractivity contribution is -0.123. The fourth-order valence-electron chi connectivity index (χ4n) is 2.85. The third-order valence-electron chi connectivity index (χ3n) is 4.00. The van der Waals surface area contributed by atoms with Crippen molar-refractivity contribution in [1.29, 1.82) is 0 Å². The first-order valence-corrected chi connectivity index (χ1v) is 8.22.